The van der Waals surface area contributed by atoms with Gasteiger partial charge in [0.2, 0.25) is 0 Å². The molecule has 1 atom stereocenters. The quantitative estimate of drug-likeness (QED) is 0.871. The van der Waals surface area contributed by atoms with Crippen molar-refractivity contribution in [1.82, 2.24) is 15.3 Å². The SMILES string of the molecule is CCC(C)NC(=O)c1cnc(Nc2ccccc2C(F)(F)F)cn1. The number of anilines is 2. The first-order chi connectivity index (χ1) is 11.3. The summed E-state index contributed by atoms with van der Waals surface area (Å²) in [6.07, 6.45) is -1.27. The first-order valence-electron chi connectivity index (χ1n) is 7.37. The number of rotatable bonds is 5. The molecular formula is C16H17F3N4O. The van der Waals surface area contributed by atoms with Crippen molar-refractivity contribution >= 4 is 17.4 Å². The number of nitrogens with zero attached hydrogens (tertiary/aromatic N) is 2. The molecule has 0 bridgehead atoms. The van der Waals surface area contributed by atoms with Gasteiger partial charge in [-0.15, -0.1) is 0 Å². The summed E-state index contributed by atoms with van der Waals surface area (Å²) in [6.45, 7) is 3.79. The predicted octanol–water partition coefficient (Wildman–Crippen LogP) is 3.77. The van der Waals surface area contributed by atoms with Crippen molar-refractivity contribution in [2.75, 3.05) is 5.32 Å². The molecule has 1 aromatic heterocycles. The van der Waals surface area contributed by atoms with Crippen molar-refractivity contribution < 1.29 is 18.0 Å². The number of nitrogens with one attached hydrogen (secondary N) is 2. The van der Waals surface area contributed by atoms with Crippen LogP contribution in [0, 0.1) is 0 Å². The standard InChI is InChI=1S/C16H17F3N4O/c1-3-10(2)22-15(24)13-8-21-14(9-20-13)23-12-7-5-4-6-11(12)16(17,18)19/h4-10H,3H2,1-2H3,(H,21,23)(H,22,24). The highest BCUT2D eigenvalue weighted by Crippen LogP contribution is 2.35. The van der Waals surface area contributed by atoms with Crippen molar-refractivity contribution in [3.05, 3.63) is 47.9 Å². The number of carbonyl (C=O) groups excluding carboxylic acids is 1. The molecular weight excluding hydrogens is 321 g/mol. The Labute approximate surface area is 137 Å². The number of halogens is 3. The summed E-state index contributed by atoms with van der Waals surface area (Å²) in [4.78, 5) is 19.8. The fourth-order valence-electron chi connectivity index (χ4n) is 1.89. The Balaban J connectivity index is 2.14. The minimum atomic E-state index is -4.48. The Kier molecular flexibility index (Phi) is 5.38. The van der Waals surface area contributed by atoms with Crippen molar-refractivity contribution in [1.29, 1.82) is 0 Å². The van der Waals surface area contributed by atoms with Crippen LogP contribution in [-0.4, -0.2) is 21.9 Å². The molecule has 0 aliphatic heterocycles. The molecule has 0 aliphatic carbocycles. The number of para-hydroxylation sites is 1. The smallest absolute Gasteiger partial charge is 0.348 e. The summed E-state index contributed by atoms with van der Waals surface area (Å²) in [7, 11) is 0. The van der Waals surface area contributed by atoms with Gasteiger partial charge in [-0.2, -0.15) is 13.2 Å². The van der Waals surface area contributed by atoms with E-state index in [1.807, 2.05) is 13.8 Å². The van der Waals surface area contributed by atoms with Crippen LogP contribution >= 0.6 is 0 Å². The van der Waals surface area contributed by atoms with Crippen LogP contribution < -0.4 is 10.6 Å². The number of carbonyl (C=O) groups is 1. The molecule has 1 heterocycles. The number of hydrogen-bond donors (Lipinski definition) is 2. The summed E-state index contributed by atoms with van der Waals surface area (Å²) in [6, 6.07) is 5.06. The lowest BCUT2D eigenvalue weighted by Crippen LogP contribution is -2.32. The summed E-state index contributed by atoms with van der Waals surface area (Å²) < 4.78 is 38.8. The van der Waals surface area contributed by atoms with Crippen LogP contribution in [0.25, 0.3) is 0 Å². The zero-order chi connectivity index (χ0) is 17.7. The minimum absolute atomic E-state index is 0.00392. The zero-order valence-electron chi connectivity index (χ0n) is 13.2. The van der Waals surface area contributed by atoms with Crippen molar-refractivity contribution in [3.63, 3.8) is 0 Å². The number of alkyl halides is 3. The second-order valence-corrected chi connectivity index (χ2v) is 5.24. The van der Waals surface area contributed by atoms with Crippen LogP contribution in [0.2, 0.25) is 0 Å². The fourth-order valence-corrected chi connectivity index (χ4v) is 1.89. The fraction of sp³-hybridized carbons (Fsp3) is 0.312. The average molecular weight is 338 g/mol. The van der Waals surface area contributed by atoms with E-state index in [0.29, 0.717) is 0 Å². The molecule has 0 radical (unpaired) electrons. The van der Waals surface area contributed by atoms with Gasteiger partial charge in [0.1, 0.15) is 11.5 Å². The van der Waals surface area contributed by atoms with Gasteiger partial charge in [-0.25, -0.2) is 9.97 Å². The minimum Gasteiger partial charge on any atom is -0.348 e. The monoisotopic (exact) mass is 338 g/mol. The molecule has 2 aromatic rings. The highest BCUT2D eigenvalue weighted by atomic mass is 19.4. The van der Waals surface area contributed by atoms with E-state index in [-0.39, 0.29) is 29.1 Å². The van der Waals surface area contributed by atoms with Crippen LogP contribution in [0.3, 0.4) is 0 Å². The third-order valence-electron chi connectivity index (χ3n) is 3.37. The second kappa shape index (κ2) is 7.29. The topological polar surface area (TPSA) is 66.9 Å². The number of amides is 1. The maximum atomic E-state index is 12.9. The Bertz CT molecular complexity index is 701. The van der Waals surface area contributed by atoms with Gasteiger partial charge in [0.15, 0.2) is 0 Å². The molecule has 1 aromatic carbocycles. The van der Waals surface area contributed by atoms with E-state index < -0.39 is 11.7 Å². The summed E-state index contributed by atoms with van der Waals surface area (Å²) >= 11 is 0. The van der Waals surface area contributed by atoms with E-state index in [0.717, 1.165) is 12.5 Å². The van der Waals surface area contributed by atoms with Crippen LogP contribution in [0.15, 0.2) is 36.7 Å². The van der Waals surface area contributed by atoms with Crippen LogP contribution in [0.4, 0.5) is 24.7 Å². The van der Waals surface area contributed by atoms with Gasteiger partial charge in [-0.05, 0) is 25.5 Å². The van der Waals surface area contributed by atoms with Gasteiger partial charge < -0.3 is 10.6 Å². The molecule has 5 nitrogen and oxygen atoms in total. The average Bonchev–Trinajstić information content (AvgIpc) is 2.55. The molecule has 0 saturated carbocycles. The lowest BCUT2D eigenvalue weighted by atomic mass is 10.1. The molecule has 0 aliphatic rings. The molecule has 2 rings (SSSR count). The lowest BCUT2D eigenvalue weighted by Gasteiger charge is -2.14. The first-order valence-corrected chi connectivity index (χ1v) is 7.37. The predicted molar refractivity (Wildman–Crippen MR) is 84.0 cm³/mol. The largest absolute Gasteiger partial charge is 0.418 e. The molecule has 24 heavy (non-hydrogen) atoms. The molecule has 2 N–H and O–H groups in total. The lowest BCUT2D eigenvalue weighted by molar-refractivity contribution is -0.136. The number of aromatic nitrogens is 2. The van der Waals surface area contributed by atoms with Gasteiger partial charge in [0.05, 0.1) is 23.6 Å². The third kappa shape index (κ3) is 4.43. The second-order valence-electron chi connectivity index (χ2n) is 5.24. The highest BCUT2D eigenvalue weighted by molar-refractivity contribution is 5.92. The summed E-state index contributed by atoms with van der Waals surface area (Å²) in [5.74, 6) is -0.258. The van der Waals surface area contributed by atoms with Gasteiger partial charge >= 0.3 is 6.18 Å². The molecule has 0 spiro atoms. The van der Waals surface area contributed by atoms with Gasteiger partial charge in [-0.1, -0.05) is 19.1 Å². The Hall–Kier alpha value is -2.64. The molecule has 0 saturated heterocycles. The van der Waals surface area contributed by atoms with E-state index in [4.69, 9.17) is 0 Å². The Morgan fingerprint density at radius 3 is 2.50 bits per heavy atom. The van der Waals surface area contributed by atoms with E-state index >= 15 is 0 Å². The zero-order valence-corrected chi connectivity index (χ0v) is 13.2. The maximum absolute atomic E-state index is 12.9. The Morgan fingerprint density at radius 2 is 1.92 bits per heavy atom. The normalized spacial score (nSPS) is 12.5. The van der Waals surface area contributed by atoms with Crippen LogP contribution in [0.1, 0.15) is 36.3 Å². The van der Waals surface area contributed by atoms with Gasteiger partial charge in [-0.3, -0.25) is 4.79 Å². The van der Waals surface area contributed by atoms with Gasteiger partial charge in [0.25, 0.3) is 5.91 Å². The third-order valence-corrected chi connectivity index (χ3v) is 3.37. The summed E-state index contributed by atoms with van der Waals surface area (Å²) in [5, 5.41) is 5.31. The molecule has 128 valence electrons. The van der Waals surface area contributed by atoms with E-state index in [2.05, 4.69) is 20.6 Å². The molecule has 1 unspecified atom stereocenters. The highest BCUT2D eigenvalue weighted by Gasteiger charge is 2.33. The van der Waals surface area contributed by atoms with Crippen molar-refractivity contribution in [3.8, 4) is 0 Å². The maximum Gasteiger partial charge on any atom is 0.418 e. The number of benzene rings is 1. The van der Waals surface area contributed by atoms with Gasteiger partial charge in [0, 0.05) is 6.04 Å². The van der Waals surface area contributed by atoms with E-state index in [1.165, 1.54) is 30.6 Å². The molecule has 0 fully saturated rings. The number of hydrogen-bond acceptors (Lipinski definition) is 4. The van der Waals surface area contributed by atoms with Crippen LogP contribution in [-0.2, 0) is 6.18 Å². The van der Waals surface area contributed by atoms with E-state index in [9.17, 15) is 18.0 Å². The van der Waals surface area contributed by atoms with Crippen molar-refractivity contribution in [2.24, 2.45) is 0 Å². The summed E-state index contributed by atoms with van der Waals surface area (Å²) in [5.41, 5.74) is -0.827. The molecule has 8 heteroatoms. The van der Waals surface area contributed by atoms with Crippen molar-refractivity contribution in [2.45, 2.75) is 32.5 Å². The van der Waals surface area contributed by atoms with Crippen LogP contribution in [0.5, 0.6) is 0 Å². The van der Waals surface area contributed by atoms with E-state index in [1.54, 1.807) is 0 Å². The molecule has 1 amide bonds. The first kappa shape index (κ1) is 17.7. The Morgan fingerprint density at radius 1 is 1.21 bits per heavy atom.